The summed E-state index contributed by atoms with van der Waals surface area (Å²) in [4.78, 5) is 14.2. The molecule has 24 heavy (non-hydrogen) atoms. The van der Waals surface area contributed by atoms with E-state index in [0.717, 1.165) is 41.3 Å². The second kappa shape index (κ2) is 7.18. The van der Waals surface area contributed by atoms with E-state index >= 15 is 0 Å². The van der Waals surface area contributed by atoms with Crippen molar-refractivity contribution in [1.29, 1.82) is 0 Å². The van der Waals surface area contributed by atoms with Crippen LogP contribution in [0.1, 0.15) is 11.4 Å². The molecule has 9 heteroatoms. The molecule has 3 heterocycles. The zero-order valence-corrected chi connectivity index (χ0v) is 13.7. The number of nitrogens with two attached hydrogens (primary N) is 2. The van der Waals surface area contributed by atoms with Crippen molar-refractivity contribution >= 4 is 23.4 Å². The third-order valence-corrected chi connectivity index (χ3v) is 4.82. The highest BCUT2D eigenvalue weighted by Crippen LogP contribution is 2.35. The third kappa shape index (κ3) is 3.22. The van der Waals surface area contributed by atoms with E-state index in [0.29, 0.717) is 18.7 Å². The molecule has 1 fully saturated rings. The Balaban J connectivity index is 1.97. The molecule has 0 saturated carbocycles. The van der Waals surface area contributed by atoms with Gasteiger partial charge in [-0.1, -0.05) is 0 Å². The fourth-order valence-corrected chi connectivity index (χ4v) is 3.59. The first kappa shape index (κ1) is 16.7. The summed E-state index contributed by atoms with van der Waals surface area (Å²) in [6, 6.07) is 0. The molecule has 0 radical (unpaired) electrons. The van der Waals surface area contributed by atoms with E-state index in [1.54, 1.807) is 6.20 Å². The highest BCUT2D eigenvalue weighted by Gasteiger charge is 2.35. The largest absolute Gasteiger partial charge is 0.404 e. The van der Waals surface area contributed by atoms with E-state index in [4.69, 9.17) is 11.5 Å². The predicted molar refractivity (Wildman–Crippen MR) is 91.2 cm³/mol. The minimum Gasteiger partial charge on any atom is -0.404 e. The maximum atomic E-state index is 12.4. The van der Waals surface area contributed by atoms with Crippen LogP contribution in [0.15, 0.2) is 44.6 Å². The lowest BCUT2D eigenvalue weighted by Gasteiger charge is -2.28. The van der Waals surface area contributed by atoms with Gasteiger partial charge in [-0.2, -0.15) is 8.78 Å². The molecule has 1 atom stereocenters. The number of rotatable bonds is 5. The molecule has 1 aromatic heterocycles. The van der Waals surface area contributed by atoms with Gasteiger partial charge in [-0.15, -0.1) is 11.3 Å². The van der Waals surface area contributed by atoms with Crippen LogP contribution in [0.2, 0.25) is 0 Å². The lowest BCUT2D eigenvalue weighted by Crippen LogP contribution is -2.33. The van der Waals surface area contributed by atoms with E-state index in [1.165, 1.54) is 17.5 Å². The molecule has 128 valence electrons. The molecule has 2 aliphatic heterocycles. The molecular weight excluding hydrogens is 334 g/mol. The van der Waals surface area contributed by atoms with Gasteiger partial charge in [0.1, 0.15) is 0 Å². The second-order valence-electron chi connectivity index (χ2n) is 5.50. The molecule has 0 aliphatic carbocycles. The Hall–Kier alpha value is -2.13. The molecule has 2 aliphatic rings. The van der Waals surface area contributed by atoms with Gasteiger partial charge in [0.2, 0.25) is 0 Å². The number of hydrogen-bond donors (Lipinski definition) is 2. The van der Waals surface area contributed by atoms with E-state index < -0.39 is 6.55 Å². The number of nitrogens with zero attached hydrogens (tertiary/aromatic N) is 4. The quantitative estimate of drug-likeness (QED) is 0.621. The number of thiazole rings is 1. The molecule has 3 rings (SSSR count). The van der Waals surface area contributed by atoms with Crippen molar-refractivity contribution in [2.75, 3.05) is 19.6 Å². The van der Waals surface area contributed by atoms with Gasteiger partial charge >= 0.3 is 6.55 Å². The Morgan fingerprint density at radius 3 is 3.00 bits per heavy atom. The van der Waals surface area contributed by atoms with Crippen molar-refractivity contribution < 1.29 is 8.78 Å². The molecular formula is C15H18F2N6S. The van der Waals surface area contributed by atoms with Crippen LogP contribution < -0.4 is 11.5 Å². The van der Waals surface area contributed by atoms with Crippen molar-refractivity contribution in [2.24, 2.45) is 27.4 Å². The maximum absolute atomic E-state index is 12.4. The van der Waals surface area contributed by atoms with Gasteiger partial charge < -0.3 is 16.4 Å². The highest BCUT2D eigenvalue weighted by atomic mass is 32.1. The monoisotopic (exact) mass is 352 g/mol. The zero-order valence-electron chi connectivity index (χ0n) is 12.9. The molecule has 1 unspecified atom stereocenters. The molecule has 0 amide bonds. The molecule has 1 saturated heterocycles. The smallest absolute Gasteiger partial charge is 0.331 e. The number of alkyl halides is 2. The predicted octanol–water partition coefficient (Wildman–Crippen LogP) is 1.57. The van der Waals surface area contributed by atoms with Gasteiger partial charge in [0, 0.05) is 47.4 Å². The van der Waals surface area contributed by atoms with E-state index in [2.05, 4.69) is 19.9 Å². The third-order valence-electron chi connectivity index (χ3n) is 4.05. The first-order valence-electron chi connectivity index (χ1n) is 7.51. The first-order valence-corrected chi connectivity index (χ1v) is 8.39. The van der Waals surface area contributed by atoms with Gasteiger partial charge in [-0.05, 0) is 18.9 Å². The van der Waals surface area contributed by atoms with Crippen molar-refractivity contribution in [1.82, 2.24) is 9.88 Å². The van der Waals surface area contributed by atoms with Gasteiger partial charge in [-0.3, -0.25) is 4.99 Å². The molecule has 0 bridgehead atoms. The lowest BCUT2D eigenvalue weighted by molar-refractivity contribution is 0.160. The van der Waals surface area contributed by atoms with Crippen LogP contribution in [-0.2, 0) is 0 Å². The molecule has 1 aromatic rings. The number of fused-ring (bicyclic) bond motifs is 1. The minimum absolute atomic E-state index is 0.282. The van der Waals surface area contributed by atoms with Crippen LogP contribution in [0.3, 0.4) is 0 Å². The van der Waals surface area contributed by atoms with Crippen LogP contribution in [-0.4, -0.2) is 48.1 Å². The first-order chi connectivity index (χ1) is 11.6. The number of aliphatic imine (C=N–C) groups is 2. The fraction of sp³-hybridized carbons (Fsp3) is 0.400. The second-order valence-corrected chi connectivity index (χ2v) is 6.39. The summed E-state index contributed by atoms with van der Waals surface area (Å²) in [5.74, 6) is 1.09. The topological polar surface area (TPSA) is 92.9 Å². The molecule has 0 spiro atoms. The summed E-state index contributed by atoms with van der Waals surface area (Å²) in [6.07, 6.45) is 4.91. The van der Waals surface area contributed by atoms with Crippen molar-refractivity contribution in [3.8, 4) is 0 Å². The van der Waals surface area contributed by atoms with Crippen LogP contribution >= 0.6 is 11.3 Å². The zero-order chi connectivity index (χ0) is 17.1. The van der Waals surface area contributed by atoms with E-state index in [1.807, 2.05) is 5.38 Å². The molecule has 0 aromatic carbocycles. The number of amidine groups is 1. The average molecular weight is 352 g/mol. The van der Waals surface area contributed by atoms with Crippen molar-refractivity contribution in [2.45, 2.75) is 13.0 Å². The standard InChI is InChI=1S/C15H18F2N6S/c16-15(17)22-6-10(5-19)11-7-21-13(14-20-1-2-24-14)23-8-9(4-18)3-12(11)23/h1-2,5-6,9,15H,3-4,7-8,18-19H2. The van der Waals surface area contributed by atoms with Crippen LogP contribution in [0.4, 0.5) is 8.78 Å². The summed E-state index contributed by atoms with van der Waals surface area (Å²) >= 11 is 1.51. The van der Waals surface area contributed by atoms with Crippen LogP contribution in [0.25, 0.3) is 0 Å². The normalized spacial score (nSPS) is 21.8. The SMILES string of the molecule is NC=C(C=NC(F)F)C1=C2CC(CN)CN2C(c2nccs2)=NC1. The summed E-state index contributed by atoms with van der Waals surface area (Å²) < 4.78 is 24.8. The van der Waals surface area contributed by atoms with E-state index in [9.17, 15) is 8.78 Å². The Labute approximate surface area is 142 Å². The lowest BCUT2D eigenvalue weighted by atomic mass is 10.00. The van der Waals surface area contributed by atoms with Crippen molar-refractivity contribution in [3.63, 3.8) is 0 Å². The Morgan fingerprint density at radius 1 is 1.54 bits per heavy atom. The summed E-state index contributed by atoms with van der Waals surface area (Å²) in [7, 11) is 0. The van der Waals surface area contributed by atoms with Crippen LogP contribution in [0, 0.1) is 5.92 Å². The summed E-state index contributed by atoms with van der Waals surface area (Å²) in [5.41, 5.74) is 13.8. The number of allylic oxidation sites excluding steroid dienone is 1. The highest BCUT2D eigenvalue weighted by molar-refractivity contribution is 7.11. The minimum atomic E-state index is -2.76. The van der Waals surface area contributed by atoms with E-state index in [-0.39, 0.29) is 5.92 Å². The van der Waals surface area contributed by atoms with Gasteiger partial charge in [-0.25, -0.2) is 9.98 Å². The van der Waals surface area contributed by atoms with Gasteiger partial charge in [0.05, 0.1) is 6.54 Å². The number of halogens is 2. The number of hydrogen-bond acceptors (Lipinski definition) is 7. The Bertz CT molecular complexity index is 708. The number of aromatic nitrogens is 1. The summed E-state index contributed by atoms with van der Waals surface area (Å²) in [6.45, 7) is -1.13. The maximum Gasteiger partial charge on any atom is 0.331 e. The fourth-order valence-electron chi connectivity index (χ4n) is 2.94. The average Bonchev–Trinajstić information content (AvgIpc) is 3.24. The van der Waals surface area contributed by atoms with Gasteiger partial charge in [0.15, 0.2) is 10.8 Å². The Kier molecular flexibility index (Phi) is 5.00. The molecule has 4 N–H and O–H groups in total. The summed E-state index contributed by atoms with van der Waals surface area (Å²) in [5, 5.41) is 2.73. The van der Waals surface area contributed by atoms with Crippen molar-refractivity contribution in [3.05, 3.63) is 39.6 Å². The van der Waals surface area contributed by atoms with Gasteiger partial charge in [0.25, 0.3) is 0 Å². The molecule has 6 nitrogen and oxygen atoms in total. The Morgan fingerprint density at radius 2 is 2.38 bits per heavy atom. The van der Waals surface area contributed by atoms with Crippen LogP contribution in [0.5, 0.6) is 0 Å².